The molecule has 2 aromatic rings. The number of aromatic nitrogens is 1. The Bertz CT molecular complexity index is 670. The summed E-state index contributed by atoms with van der Waals surface area (Å²) in [5, 5.41) is 12.1. The summed E-state index contributed by atoms with van der Waals surface area (Å²) in [6.45, 7) is 1.87. The number of anilines is 1. The van der Waals surface area contributed by atoms with Crippen LogP contribution in [0.2, 0.25) is 0 Å². The van der Waals surface area contributed by atoms with Crippen molar-refractivity contribution in [1.29, 1.82) is 0 Å². The zero-order valence-electron chi connectivity index (χ0n) is 11.9. The fraction of sp³-hybridized carbons (Fsp3) is 0.267. The van der Waals surface area contributed by atoms with Gasteiger partial charge in [-0.3, -0.25) is 9.59 Å². The largest absolute Gasteiger partial charge is 0.481 e. The summed E-state index contributed by atoms with van der Waals surface area (Å²) in [5.41, 5.74) is 0.620. The molecule has 0 bridgehead atoms. The number of rotatable bonds is 6. The predicted molar refractivity (Wildman–Crippen MR) is 81.5 cm³/mol. The second-order valence-electron chi connectivity index (χ2n) is 4.87. The molecule has 1 heterocycles. The molecule has 0 saturated heterocycles. The molecule has 0 radical (unpaired) electrons. The minimum Gasteiger partial charge on any atom is -0.481 e. The normalized spacial score (nSPS) is 11.9. The van der Waals surface area contributed by atoms with Gasteiger partial charge in [-0.15, -0.1) is 11.3 Å². The summed E-state index contributed by atoms with van der Waals surface area (Å²) in [6.07, 6.45) is 1.45. The summed E-state index contributed by atoms with van der Waals surface area (Å²) in [4.78, 5) is 28.0. The summed E-state index contributed by atoms with van der Waals surface area (Å²) in [7, 11) is 0. The van der Waals surface area contributed by atoms with Crippen molar-refractivity contribution in [3.05, 3.63) is 46.7 Å². The topological polar surface area (TPSA) is 79.3 Å². The molecule has 0 aliphatic rings. The molecular formula is C15H15FN2O3S. The van der Waals surface area contributed by atoms with Gasteiger partial charge >= 0.3 is 5.97 Å². The van der Waals surface area contributed by atoms with E-state index in [-0.39, 0.29) is 18.7 Å². The first kappa shape index (κ1) is 16.1. The van der Waals surface area contributed by atoms with Crippen molar-refractivity contribution >= 4 is 28.3 Å². The highest BCUT2D eigenvalue weighted by molar-refractivity contribution is 7.15. The van der Waals surface area contributed by atoms with Crippen LogP contribution in [0.1, 0.15) is 29.2 Å². The molecule has 0 aliphatic heterocycles. The lowest BCUT2D eigenvalue weighted by molar-refractivity contribution is -0.137. The van der Waals surface area contributed by atoms with Gasteiger partial charge in [0.25, 0.3) is 0 Å². The number of carbonyl (C=O) groups is 2. The standard InChI is InChI=1S/C15H15FN2O3S/c1-9-8-17-15(22-9)18-13(19)6-11(7-14(20)21)10-2-4-12(16)5-3-10/h2-5,8,11H,6-7H2,1H3,(H,20,21)(H,17,18,19)/t11-/m0/s1. The Morgan fingerprint density at radius 1 is 1.32 bits per heavy atom. The maximum Gasteiger partial charge on any atom is 0.303 e. The van der Waals surface area contributed by atoms with Crippen LogP contribution in [-0.4, -0.2) is 22.0 Å². The van der Waals surface area contributed by atoms with Gasteiger partial charge in [0.15, 0.2) is 5.13 Å². The van der Waals surface area contributed by atoms with E-state index in [0.717, 1.165) is 4.88 Å². The molecule has 0 fully saturated rings. The molecule has 2 N–H and O–H groups in total. The van der Waals surface area contributed by atoms with Crippen molar-refractivity contribution in [2.24, 2.45) is 0 Å². The van der Waals surface area contributed by atoms with E-state index in [9.17, 15) is 14.0 Å². The number of nitrogens with zero attached hydrogens (tertiary/aromatic N) is 1. The number of hydrogen-bond acceptors (Lipinski definition) is 4. The molecule has 116 valence electrons. The van der Waals surface area contributed by atoms with Crippen molar-refractivity contribution in [3.8, 4) is 0 Å². The van der Waals surface area contributed by atoms with E-state index in [1.807, 2.05) is 6.92 Å². The van der Waals surface area contributed by atoms with E-state index in [2.05, 4.69) is 10.3 Å². The molecule has 0 aliphatic carbocycles. The number of carboxylic acid groups (broad SMARTS) is 1. The lowest BCUT2D eigenvalue weighted by Crippen LogP contribution is -2.17. The first-order chi connectivity index (χ1) is 10.4. The van der Waals surface area contributed by atoms with E-state index in [1.165, 1.54) is 35.6 Å². The number of carboxylic acids is 1. The second-order valence-corrected chi connectivity index (χ2v) is 6.11. The average Bonchev–Trinajstić information content (AvgIpc) is 2.83. The number of carbonyl (C=O) groups excluding carboxylic acids is 1. The zero-order valence-corrected chi connectivity index (χ0v) is 12.7. The monoisotopic (exact) mass is 322 g/mol. The Kier molecular flexibility index (Phi) is 5.21. The molecule has 0 saturated carbocycles. The third-order valence-corrected chi connectivity index (χ3v) is 3.89. The minimum absolute atomic E-state index is 0.00341. The molecule has 0 spiro atoms. The van der Waals surface area contributed by atoms with Crippen LogP contribution in [0, 0.1) is 12.7 Å². The van der Waals surface area contributed by atoms with Crippen molar-refractivity contribution in [1.82, 2.24) is 4.98 Å². The van der Waals surface area contributed by atoms with Gasteiger partial charge in [-0.05, 0) is 24.6 Å². The molecule has 7 heteroatoms. The molecule has 22 heavy (non-hydrogen) atoms. The molecule has 1 aromatic carbocycles. The number of aryl methyl sites for hydroxylation is 1. The lowest BCUT2D eigenvalue weighted by atomic mass is 9.92. The maximum absolute atomic E-state index is 13.0. The highest BCUT2D eigenvalue weighted by Crippen LogP contribution is 2.25. The van der Waals surface area contributed by atoms with Crippen LogP contribution in [0.25, 0.3) is 0 Å². The number of amides is 1. The van der Waals surface area contributed by atoms with Crippen LogP contribution in [0.4, 0.5) is 9.52 Å². The second kappa shape index (κ2) is 7.13. The van der Waals surface area contributed by atoms with E-state index < -0.39 is 17.7 Å². The fourth-order valence-electron chi connectivity index (χ4n) is 2.06. The Hall–Kier alpha value is -2.28. The number of hydrogen-bond donors (Lipinski definition) is 2. The highest BCUT2D eigenvalue weighted by Gasteiger charge is 2.20. The van der Waals surface area contributed by atoms with E-state index >= 15 is 0 Å². The third-order valence-electron chi connectivity index (χ3n) is 3.06. The predicted octanol–water partition coefficient (Wildman–Crippen LogP) is 3.18. The molecule has 0 unspecified atom stereocenters. The molecule has 1 aromatic heterocycles. The fourth-order valence-corrected chi connectivity index (χ4v) is 2.74. The average molecular weight is 322 g/mol. The third kappa shape index (κ3) is 4.63. The van der Waals surface area contributed by atoms with Crippen LogP contribution in [0.3, 0.4) is 0 Å². The molecular weight excluding hydrogens is 307 g/mol. The summed E-state index contributed by atoms with van der Waals surface area (Å²) in [6, 6.07) is 5.52. The van der Waals surface area contributed by atoms with Gasteiger partial charge in [0.2, 0.25) is 5.91 Å². The van der Waals surface area contributed by atoms with E-state index in [0.29, 0.717) is 10.7 Å². The van der Waals surface area contributed by atoms with Crippen LogP contribution >= 0.6 is 11.3 Å². The number of nitrogens with one attached hydrogen (secondary N) is 1. The van der Waals surface area contributed by atoms with Gasteiger partial charge in [-0.25, -0.2) is 9.37 Å². The van der Waals surface area contributed by atoms with Crippen LogP contribution in [0.15, 0.2) is 30.5 Å². The van der Waals surface area contributed by atoms with Gasteiger partial charge in [0, 0.05) is 23.4 Å². The Balaban J connectivity index is 2.07. The van der Waals surface area contributed by atoms with Gasteiger partial charge < -0.3 is 10.4 Å². The number of thiazole rings is 1. The number of aliphatic carboxylic acids is 1. The summed E-state index contributed by atoms with van der Waals surface area (Å²) < 4.78 is 13.0. The Morgan fingerprint density at radius 3 is 2.55 bits per heavy atom. The molecule has 1 atom stereocenters. The van der Waals surface area contributed by atoms with Crippen molar-refractivity contribution in [2.75, 3.05) is 5.32 Å². The van der Waals surface area contributed by atoms with E-state index in [4.69, 9.17) is 5.11 Å². The van der Waals surface area contributed by atoms with Crippen LogP contribution < -0.4 is 5.32 Å². The summed E-state index contributed by atoms with van der Waals surface area (Å²) in [5.74, 6) is -2.24. The zero-order chi connectivity index (χ0) is 16.1. The maximum atomic E-state index is 13.0. The van der Waals surface area contributed by atoms with Crippen molar-refractivity contribution < 1.29 is 19.1 Å². The number of halogens is 1. The molecule has 2 rings (SSSR count). The summed E-state index contributed by atoms with van der Waals surface area (Å²) >= 11 is 1.35. The van der Waals surface area contributed by atoms with Crippen molar-refractivity contribution in [2.45, 2.75) is 25.7 Å². The lowest BCUT2D eigenvalue weighted by Gasteiger charge is -2.14. The van der Waals surface area contributed by atoms with Gasteiger partial charge in [-0.2, -0.15) is 0 Å². The van der Waals surface area contributed by atoms with Crippen LogP contribution in [-0.2, 0) is 9.59 Å². The Labute approximate surface area is 130 Å². The van der Waals surface area contributed by atoms with Crippen molar-refractivity contribution in [3.63, 3.8) is 0 Å². The first-order valence-electron chi connectivity index (χ1n) is 6.63. The molecule has 1 amide bonds. The van der Waals surface area contributed by atoms with Gasteiger partial charge in [0.05, 0.1) is 6.42 Å². The van der Waals surface area contributed by atoms with Gasteiger partial charge in [-0.1, -0.05) is 12.1 Å². The highest BCUT2D eigenvalue weighted by atomic mass is 32.1. The first-order valence-corrected chi connectivity index (χ1v) is 7.45. The number of benzene rings is 1. The quantitative estimate of drug-likeness (QED) is 0.856. The molecule has 5 nitrogen and oxygen atoms in total. The SMILES string of the molecule is Cc1cnc(NC(=O)C[C@@H](CC(=O)O)c2ccc(F)cc2)s1. The Morgan fingerprint density at radius 2 is 2.00 bits per heavy atom. The smallest absolute Gasteiger partial charge is 0.303 e. The van der Waals surface area contributed by atoms with Crippen LogP contribution in [0.5, 0.6) is 0 Å². The van der Waals surface area contributed by atoms with E-state index in [1.54, 1.807) is 6.20 Å². The minimum atomic E-state index is -1.01. The van der Waals surface area contributed by atoms with Gasteiger partial charge in [0.1, 0.15) is 5.82 Å².